The number of pyridine rings is 1. The molecule has 0 saturated carbocycles. The minimum atomic E-state index is -0.444. The highest BCUT2D eigenvalue weighted by Gasteiger charge is 2.45. The van der Waals surface area contributed by atoms with Crippen LogP contribution in [0.3, 0.4) is 0 Å². The summed E-state index contributed by atoms with van der Waals surface area (Å²) in [5, 5.41) is 0. The quantitative estimate of drug-likeness (QED) is 0.840. The van der Waals surface area contributed by atoms with E-state index in [2.05, 4.69) is 4.98 Å². The number of fused-ring (bicyclic) bond motifs is 2. The number of hydrogen-bond donors (Lipinski definition) is 0. The molecular formula is C17H24N2O3. The molecule has 2 bridgehead atoms. The summed E-state index contributed by atoms with van der Waals surface area (Å²) in [5.41, 5.74) is -0.444. The molecule has 0 unspecified atom stereocenters. The van der Waals surface area contributed by atoms with Crippen LogP contribution in [0.1, 0.15) is 46.5 Å². The summed E-state index contributed by atoms with van der Waals surface area (Å²) >= 11 is 0. The van der Waals surface area contributed by atoms with Crippen molar-refractivity contribution < 1.29 is 14.3 Å². The number of rotatable bonds is 2. The molecule has 0 aliphatic carbocycles. The molecule has 0 radical (unpaired) electrons. The molecule has 2 saturated heterocycles. The van der Waals surface area contributed by atoms with Crippen LogP contribution >= 0.6 is 0 Å². The van der Waals surface area contributed by atoms with Gasteiger partial charge in [0.1, 0.15) is 17.5 Å². The Balaban J connectivity index is 1.63. The van der Waals surface area contributed by atoms with Gasteiger partial charge in [-0.1, -0.05) is 0 Å². The van der Waals surface area contributed by atoms with Gasteiger partial charge in [-0.3, -0.25) is 4.98 Å². The van der Waals surface area contributed by atoms with Gasteiger partial charge >= 0.3 is 6.09 Å². The first-order valence-corrected chi connectivity index (χ1v) is 8.00. The Morgan fingerprint density at radius 1 is 1.18 bits per heavy atom. The molecular weight excluding hydrogens is 280 g/mol. The summed E-state index contributed by atoms with van der Waals surface area (Å²) in [6.07, 6.45) is 7.29. The molecule has 120 valence electrons. The molecule has 1 aromatic rings. The molecule has 3 heterocycles. The van der Waals surface area contributed by atoms with E-state index in [9.17, 15) is 4.79 Å². The number of nitrogens with zero attached hydrogens (tertiary/aromatic N) is 2. The van der Waals surface area contributed by atoms with E-state index in [4.69, 9.17) is 9.47 Å². The van der Waals surface area contributed by atoms with Crippen LogP contribution in [0.15, 0.2) is 24.5 Å². The van der Waals surface area contributed by atoms with E-state index in [1.807, 2.05) is 37.8 Å². The second-order valence-corrected chi connectivity index (χ2v) is 7.17. The van der Waals surface area contributed by atoms with E-state index in [0.29, 0.717) is 0 Å². The van der Waals surface area contributed by atoms with E-state index >= 15 is 0 Å². The van der Waals surface area contributed by atoms with Crippen LogP contribution < -0.4 is 4.74 Å². The summed E-state index contributed by atoms with van der Waals surface area (Å²) < 4.78 is 11.6. The zero-order valence-corrected chi connectivity index (χ0v) is 13.5. The van der Waals surface area contributed by atoms with Crippen molar-refractivity contribution >= 4 is 6.09 Å². The minimum absolute atomic E-state index is 0.165. The molecule has 0 N–H and O–H groups in total. The maximum Gasteiger partial charge on any atom is 0.410 e. The third-order valence-corrected chi connectivity index (χ3v) is 4.25. The summed E-state index contributed by atoms with van der Waals surface area (Å²) in [5.74, 6) is 0.852. The molecule has 2 aliphatic heterocycles. The maximum absolute atomic E-state index is 12.4. The zero-order valence-electron chi connectivity index (χ0n) is 13.5. The van der Waals surface area contributed by atoms with Crippen LogP contribution in [0.25, 0.3) is 0 Å². The van der Waals surface area contributed by atoms with E-state index < -0.39 is 5.60 Å². The van der Waals surface area contributed by atoms with Crippen molar-refractivity contribution in [2.24, 2.45) is 0 Å². The number of amides is 1. The average molecular weight is 304 g/mol. The van der Waals surface area contributed by atoms with Crippen LogP contribution in [-0.2, 0) is 4.74 Å². The van der Waals surface area contributed by atoms with Gasteiger partial charge in [-0.15, -0.1) is 0 Å². The maximum atomic E-state index is 12.4. The van der Waals surface area contributed by atoms with Crippen LogP contribution in [-0.4, -0.2) is 39.8 Å². The van der Waals surface area contributed by atoms with Gasteiger partial charge in [0.2, 0.25) is 0 Å². The Morgan fingerprint density at radius 2 is 1.77 bits per heavy atom. The summed E-state index contributed by atoms with van der Waals surface area (Å²) in [7, 11) is 0. The van der Waals surface area contributed by atoms with Crippen LogP contribution in [0.2, 0.25) is 0 Å². The smallest absolute Gasteiger partial charge is 0.410 e. The fraction of sp³-hybridized carbons (Fsp3) is 0.647. The normalized spacial score (nSPS) is 27.6. The van der Waals surface area contributed by atoms with Gasteiger partial charge in [0.15, 0.2) is 0 Å². The topological polar surface area (TPSA) is 51.7 Å². The van der Waals surface area contributed by atoms with Crippen molar-refractivity contribution in [2.45, 2.75) is 70.2 Å². The molecule has 3 atom stereocenters. The third kappa shape index (κ3) is 3.34. The van der Waals surface area contributed by atoms with E-state index in [0.717, 1.165) is 31.4 Å². The lowest BCUT2D eigenvalue weighted by Gasteiger charge is -2.39. The molecule has 22 heavy (non-hydrogen) atoms. The van der Waals surface area contributed by atoms with E-state index in [1.165, 1.54) is 0 Å². The Morgan fingerprint density at radius 3 is 2.32 bits per heavy atom. The fourth-order valence-electron chi connectivity index (χ4n) is 3.45. The van der Waals surface area contributed by atoms with Gasteiger partial charge in [0.25, 0.3) is 0 Å². The molecule has 5 heteroatoms. The number of hydrogen-bond acceptors (Lipinski definition) is 4. The second kappa shape index (κ2) is 5.78. The van der Waals surface area contributed by atoms with Crippen molar-refractivity contribution in [3.05, 3.63) is 24.5 Å². The largest absolute Gasteiger partial charge is 0.490 e. The Bertz CT molecular complexity index is 512. The van der Waals surface area contributed by atoms with Gasteiger partial charge in [-0.2, -0.15) is 0 Å². The predicted molar refractivity (Wildman–Crippen MR) is 82.8 cm³/mol. The second-order valence-electron chi connectivity index (χ2n) is 7.17. The van der Waals surface area contributed by atoms with Gasteiger partial charge in [0.05, 0.1) is 0 Å². The lowest BCUT2D eigenvalue weighted by atomic mass is 10.00. The van der Waals surface area contributed by atoms with E-state index in [1.54, 1.807) is 12.4 Å². The first kappa shape index (κ1) is 15.1. The van der Waals surface area contributed by atoms with Gasteiger partial charge < -0.3 is 14.4 Å². The Kier molecular flexibility index (Phi) is 3.98. The van der Waals surface area contributed by atoms with Crippen molar-refractivity contribution in [1.29, 1.82) is 0 Å². The van der Waals surface area contributed by atoms with Gasteiger partial charge in [-0.05, 0) is 45.7 Å². The van der Waals surface area contributed by atoms with Crippen molar-refractivity contribution in [2.75, 3.05) is 0 Å². The number of carbonyl (C=O) groups is 1. The van der Waals surface area contributed by atoms with Gasteiger partial charge in [0, 0.05) is 37.3 Å². The monoisotopic (exact) mass is 304 g/mol. The third-order valence-electron chi connectivity index (χ3n) is 4.25. The molecule has 0 spiro atoms. The Hall–Kier alpha value is -1.78. The highest BCUT2D eigenvalue weighted by atomic mass is 16.6. The highest BCUT2D eigenvalue weighted by Crippen LogP contribution is 2.38. The first-order chi connectivity index (χ1) is 10.4. The molecule has 2 fully saturated rings. The fourth-order valence-corrected chi connectivity index (χ4v) is 3.45. The molecule has 2 aliphatic rings. The molecule has 5 nitrogen and oxygen atoms in total. The van der Waals surface area contributed by atoms with Crippen LogP contribution in [0.4, 0.5) is 4.79 Å². The standard InChI is InChI=1S/C17H24N2O3/c1-17(2,3)22-16(20)19-12-4-5-13(19)11-15(10-12)21-14-6-8-18-9-7-14/h6-9,12-13,15H,4-5,10-11H2,1-3H3/t12-,13+,15+. The summed E-state index contributed by atoms with van der Waals surface area (Å²) in [4.78, 5) is 18.3. The average Bonchev–Trinajstić information content (AvgIpc) is 2.70. The predicted octanol–water partition coefficient (Wildman–Crippen LogP) is 3.39. The summed E-state index contributed by atoms with van der Waals surface area (Å²) in [6, 6.07) is 4.23. The van der Waals surface area contributed by atoms with E-state index in [-0.39, 0.29) is 24.3 Å². The zero-order chi connectivity index (χ0) is 15.7. The highest BCUT2D eigenvalue weighted by molar-refractivity contribution is 5.69. The molecule has 1 aromatic heterocycles. The van der Waals surface area contributed by atoms with Crippen LogP contribution in [0.5, 0.6) is 5.75 Å². The van der Waals surface area contributed by atoms with Crippen molar-refractivity contribution in [3.8, 4) is 5.75 Å². The first-order valence-electron chi connectivity index (χ1n) is 8.00. The van der Waals surface area contributed by atoms with Crippen molar-refractivity contribution in [3.63, 3.8) is 0 Å². The number of piperidine rings is 1. The number of aromatic nitrogens is 1. The summed E-state index contributed by atoms with van der Waals surface area (Å²) in [6.45, 7) is 5.73. The molecule has 3 rings (SSSR count). The molecule has 1 amide bonds. The number of ether oxygens (including phenoxy) is 2. The minimum Gasteiger partial charge on any atom is -0.490 e. The number of carbonyl (C=O) groups excluding carboxylic acids is 1. The Labute approximate surface area is 131 Å². The van der Waals surface area contributed by atoms with Crippen molar-refractivity contribution in [1.82, 2.24) is 9.88 Å². The lowest BCUT2D eigenvalue weighted by Crippen LogP contribution is -2.50. The molecule has 0 aromatic carbocycles. The SMILES string of the molecule is CC(C)(C)OC(=O)N1[C@@H]2CC[C@H]1C[C@@H](Oc1ccncc1)C2. The van der Waals surface area contributed by atoms with Crippen LogP contribution in [0, 0.1) is 0 Å². The lowest BCUT2D eigenvalue weighted by molar-refractivity contribution is -0.00707. The van der Waals surface area contributed by atoms with Gasteiger partial charge in [-0.25, -0.2) is 4.79 Å².